The van der Waals surface area contributed by atoms with E-state index >= 15 is 0 Å². The Labute approximate surface area is 155 Å². The zero-order chi connectivity index (χ0) is 18.0. The van der Waals surface area contributed by atoms with Gasteiger partial charge in [-0.2, -0.15) is 0 Å². The highest BCUT2D eigenvalue weighted by Crippen LogP contribution is 2.29. The number of pyridine rings is 1. The average Bonchev–Trinajstić information content (AvgIpc) is 2.58. The van der Waals surface area contributed by atoms with Gasteiger partial charge in [-0.3, -0.25) is 9.59 Å². The van der Waals surface area contributed by atoms with Gasteiger partial charge in [-0.15, -0.1) is 0 Å². The van der Waals surface area contributed by atoms with Crippen molar-refractivity contribution in [3.63, 3.8) is 0 Å². The number of benzene rings is 1. The second-order valence-corrected chi connectivity index (χ2v) is 6.63. The summed E-state index contributed by atoms with van der Waals surface area (Å²) in [5, 5.41) is 3.64. The van der Waals surface area contributed by atoms with Crippen LogP contribution in [-0.4, -0.2) is 17.1 Å². The summed E-state index contributed by atoms with van der Waals surface area (Å²) in [5.41, 5.74) is 1.37. The Morgan fingerprint density at radius 2 is 2.08 bits per heavy atom. The molecule has 7 heteroatoms. The predicted octanol–water partition coefficient (Wildman–Crippen LogP) is 4.14. The quantitative estimate of drug-likeness (QED) is 0.866. The van der Waals surface area contributed by atoms with Crippen molar-refractivity contribution in [3.05, 3.63) is 55.9 Å². The van der Waals surface area contributed by atoms with Crippen LogP contribution >= 0.6 is 23.2 Å². The van der Waals surface area contributed by atoms with Gasteiger partial charge in [0.15, 0.2) is 0 Å². The summed E-state index contributed by atoms with van der Waals surface area (Å²) in [6.45, 7) is 2.78. The number of carbonyl (C=O) groups excluding carboxylic acids is 1. The molecule has 0 aliphatic carbocycles. The Kier molecular flexibility index (Phi) is 5.35. The summed E-state index contributed by atoms with van der Waals surface area (Å²) in [4.78, 5) is 25.3. The molecule has 3 rings (SSSR count). The second-order valence-electron chi connectivity index (χ2n) is 5.79. The van der Waals surface area contributed by atoms with Crippen molar-refractivity contribution in [2.75, 3.05) is 11.9 Å². The van der Waals surface area contributed by atoms with Gasteiger partial charge in [0.05, 0.1) is 17.3 Å². The van der Waals surface area contributed by atoms with E-state index in [9.17, 15) is 9.59 Å². The standard InChI is InChI=1S/C18H18Cl2N2O3/c1-2-25-15-10-16(23)22-8-4-3-5-14(22)17(15)18(24)21-13-9-11(19)6-7-12(13)20/h6-7,9-10H,2-5,8H2,1H3,(H,21,24). The molecule has 1 aromatic carbocycles. The third-order valence-electron chi connectivity index (χ3n) is 4.13. The number of aromatic nitrogens is 1. The Bertz CT molecular complexity index is 877. The van der Waals surface area contributed by atoms with Crippen LogP contribution in [0.25, 0.3) is 0 Å². The molecule has 0 atom stereocenters. The maximum Gasteiger partial charge on any atom is 0.261 e. The van der Waals surface area contributed by atoms with Crippen LogP contribution in [0.4, 0.5) is 5.69 Å². The van der Waals surface area contributed by atoms with E-state index in [-0.39, 0.29) is 11.5 Å². The monoisotopic (exact) mass is 380 g/mol. The normalized spacial score (nSPS) is 13.2. The lowest BCUT2D eigenvalue weighted by molar-refractivity contribution is 0.102. The number of rotatable bonds is 4. The van der Waals surface area contributed by atoms with Crippen LogP contribution in [0.15, 0.2) is 29.1 Å². The molecule has 132 valence electrons. The molecule has 0 saturated heterocycles. The lowest BCUT2D eigenvalue weighted by Crippen LogP contribution is -2.31. The maximum absolute atomic E-state index is 12.9. The number of nitrogens with one attached hydrogen (secondary N) is 1. The van der Waals surface area contributed by atoms with Crippen LogP contribution < -0.4 is 15.6 Å². The SMILES string of the molecule is CCOc1cc(=O)n2c(c1C(=O)Nc1cc(Cl)ccc1Cl)CCCC2. The molecule has 5 nitrogen and oxygen atoms in total. The van der Waals surface area contributed by atoms with Crippen LogP contribution in [0.5, 0.6) is 5.75 Å². The molecule has 2 heterocycles. The molecule has 0 radical (unpaired) electrons. The van der Waals surface area contributed by atoms with E-state index in [0.717, 1.165) is 12.8 Å². The van der Waals surface area contributed by atoms with E-state index in [1.54, 1.807) is 22.8 Å². The lowest BCUT2D eigenvalue weighted by atomic mass is 10.0. The Balaban J connectivity index is 2.06. The second kappa shape index (κ2) is 7.50. The fourth-order valence-corrected chi connectivity index (χ4v) is 3.37. The molecule has 0 bridgehead atoms. The smallest absolute Gasteiger partial charge is 0.261 e. The van der Waals surface area contributed by atoms with E-state index in [0.29, 0.717) is 52.3 Å². The highest BCUT2D eigenvalue weighted by Gasteiger charge is 2.24. The molecular weight excluding hydrogens is 363 g/mol. The van der Waals surface area contributed by atoms with Crippen molar-refractivity contribution in [1.82, 2.24) is 4.57 Å². The first-order valence-corrected chi connectivity index (χ1v) is 8.92. The van der Waals surface area contributed by atoms with E-state index in [2.05, 4.69) is 5.32 Å². The summed E-state index contributed by atoms with van der Waals surface area (Å²) >= 11 is 12.1. The minimum absolute atomic E-state index is 0.143. The minimum atomic E-state index is -0.363. The minimum Gasteiger partial charge on any atom is -0.493 e. The number of anilines is 1. The highest BCUT2D eigenvalue weighted by molar-refractivity contribution is 6.36. The van der Waals surface area contributed by atoms with Crippen LogP contribution in [-0.2, 0) is 13.0 Å². The summed E-state index contributed by atoms with van der Waals surface area (Å²) in [6.07, 6.45) is 2.50. The zero-order valence-electron chi connectivity index (χ0n) is 13.8. The molecule has 1 N–H and O–H groups in total. The molecule has 1 aromatic heterocycles. The highest BCUT2D eigenvalue weighted by atomic mass is 35.5. The van der Waals surface area contributed by atoms with Crippen molar-refractivity contribution >= 4 is 34.8 Å². The topological polar surface area (TPSA) is 60.3 Å². The van der Waals surface area contributed by atoms with Gasteiger partial charge in [-0.05, 0) is 44.4 Å². The van der Waals surface area contributed by atoms with Crippen LogP contribution in [0.2, 0.25) is 10.0 Å². The summed E-state index contributed by atoms with van der Waals surface area (Å²) in [7, 11) is 0. The number of amides is 1. The Morgan fingerprint density at radius 1 is 1.28 bits per heavy atom. The molecule has 25 heavy (non-hydrogen) atoms. The first kappa shape index (κ1) is 17.8. The fraction of sp³-hybridized carbons (Fsp3) is 0.333. The number of halogens is 2. The number of fused-ring (bicyclic) bond motifs is 1. The maximum atomic E-state index is 12.9. The Hall–Kier alpha value is -1.98. The summed E-state index contributed by atoms with van der Waals surface area (Å²) in [6, 6.07) is 6.24. The van der Waals surface area contributed by atoms with Gasteiger partial charge in [-0.1, -0.05) is 23.2 Å². The van der Waals surface area contributed by atoms with Gasteiger partial charge < -0.3 is 14.6 Å². The number of hydrogen-bond acceptors (Lipinski definition) is 3. The molecule has 1 amide bonds. The van der Waals surface area contributed by atoms with Crippen molar-refractivity contribution in [2.24, 2.45) is 0 Å². The molecule has 0 unspecified atom stereocenters. The fourth-order valence-electron chi connectivity index (χ4n) is 3.03. The predicted molar refractivity (Wildman–Crippen MR) is 99.2 cm³/mol. The van der Waals surface area contributed by atoms with Gasteiger partial charge in [0.2, 0.25) is 0 Å². The molecule has 1 aliphatic rings. The average molecular weight is 381 g/mol. The lowest BCUT2D eigenvalue weighted by Gasteiger charge is -2.23. The van der Waals surface area contributed by atoms with Gasteiger partial charge in [-0.25, -0.2) is 0 Å². The van der Waals surface area contributed by atoms with Crippen LogP contribution in [0.3, 0.4) is 0 Å². The number of ether oxygens (including phenoxy) is 1. The summed E-state index contributed by atoms with van der Waals surface area (Å²) in [5.74, 6) is -0.0606. The molecular formula is C18H18Cl2N2O3. The van der Waals surface area contributed by atoms with Crippen molar-refractivity contribution in [1.29, 1.82) is 0 Å². The van der Waals surface area contributed by atoms with Crippen molar-refractivity contribution in [2.45, 2.75) is 32.7 Å². The first-order chi connectivity index (χ1) is 12.0. The number of carbonyl (C=O) groups is 1. The number of nitrogens with zero attached hydrogens (tertiary/aromatic N) is 1. The van der Waals surface area contributed by atoms with E-state index in [1.165, 1.54) is 6.07 Å². The van der Waals surface area contributed by atoms with Crippen LogP contribution in [0, 0.1) is 0 Å². The molecule has 0 spiro atoms. The Morgan fingerprint density at radius 3 is 2.84 bits per heavy atom. The van der Waals surface area contributed by atoms with E-state index < -0.39 is 0 Å². The zero-order valence-corrected chi connectivity index (χ0v) is 15.3. The molecule has 0 saturated carbocycles. The first-order valence-electron chi connectivity index (χ1n) is 8.17. The third kappa shape index (κ3) is 3.67. The van der Waals surface area contributed by atoms with Crippen molar-refractivity contribution in [3.8, 4) is 5.75 Å². The van der Waals surface area contributed by atoms with Gasteiger partial charge in [0.1, 0.15) is 11.3 Å². The van der Waals surface area contributed by atoms with Crippen molar-refractivity contribution < 1.29 is 9.53 Å². The molecule has 0 fully saturated rings. The van der Waals surface area contributed by atoms with Gasteiger partial charge in [0, 0.05) is 23.3 Å². The number of hydrogen-bond donors (Lipinski definition) is 1. The van der Waals surface area contributed by atoms with E-state index in [1.807, 2.05) is 6.92 Å². The molecule has 2 aromatic rings. The largest absolute Gasteiger partial charge is 0.493 e. The molecule has 1 aliphatic heterocycles. The summed E-state index contributed by atoms with van der Waals surface area (Å²) < 4.78 is 7.22. The van der Waals surface area contributed by atoms with Gasteiger partial charge in [0.25, 0.3) is 11.5 Å². The van der Waals surface area contributed by atoms with Crippen LogP contribution in [0.1, 0.15) is 35.8 Å². The van der Waals surface area contributed by atoms with E-state index in [4.69, 9.17) is 27.9 Å². The third-order valence-corrected chi connectivity index (χ3v) is 4.69. The van der Waals surface area contributed by atoms with Gasteiger partial charge >= 0.3 is 0 Å².